The second kappa shape index (κ2) is 12.1. The van der Waals surface area contributed by atoms with Gasteiger partial charge >= 0.3 is 5.97 Å². The zero-order chi connectivity index (χ0) is 23.7. The number of ether oxygens (including phenoxy) is 3. The van der Waals surface area contributed by atoms with Crippen LogP contribution < -0.4 is 9.47 Å². The predicted molar refractivity (Wildman–Crippen MR) is 121 cm³/mol. The van der Waals surface area contributed by atoms with Gasteiger partial charge in [-0.2, -0.15) is 0 Å². The average Bonchev–Trinajstić information content (AvgIpc) is 2.77. The molecule has 0 bridgehead atoms. The Hall–Kier alpha value is -3.09. The molecular weight excluding hydrogens is 410 g/mol. The van der Waals surface area contributed by atoms with Crippen molar-refractivity contribution in [2.75, 3.05) is 7.11 Å². The van der Waals surface area contributed by atoms with Crippen LogP contribution in [-0.2, 0) is 9.53 Å². The third kappa shape index (κ3) is 6.70. The van der Waals surface area contributed by atoms with Crippen molar-refractivity contribution in [2.45, 2.75) is 59.2 Å². The molecule has 2 aromatic rings. The summed E-state index contributed by atoms with van der Waals surface area (Å²) in [5.41, 5.74) is -0.124. The molecule has 1 N–H and O–H groups in total. The summed E-state index contributed by atoms with van der Waals surface area (Å²) in [6, 6.07) is 10.9. The molecule has 0 spiro atoms. The lowest BCUT2D eigenvalue weighted by atomic mass is 9.97. The largest absolute Gasteiger partial charge is 0.503 e. The van der Waals surface area contributed by atoms with Crippen LogP contribution in [0.5, 0.6) is 17.2 Å². The van der Waals surface area contributed by atoms with E-state index in [1.165, 1.54) is 19.4 Å². The van der Waals surface area contributed by atoms with Gasteiger partial charge in [0.2, 0.25) is 0 Å². The highest BCUT2D eigenvalue weighted by atomic mass is 16.6. The first-order valence-corrected chi connectivity index (χ1v) is 11.0. The number of hydrogen-bond acceptors (Lipinski definition) is 7. The zero-order valence-electron chi connectivity index (χ0n) is 19.4. The van der Waals surface area contributed by atoms with E-state index in [-0.39, 0.29) is 35.6 Å². The van der Waals surface area contributed by atoms with E-state index in [9.17, 15) is 14.7 Å². The summed E-state index contributed by atoms with van der Waals surface area (Å²) >= 11 is 0. The fourth-order valence-electron chi connectivity index (χ4n) is 3.40. The Morgan fingerprint density at radius 1 is 1.09 bits per heavy atom. The zero-order valence-corrected chi connectivity index (χ0v) is 19.4. The van der Waals surface area contributed by atoms with E-state index in [4.69, 9.17) is 14.2 Å². The number of carbonyl (C=O) groups is 2. The van der Waals surface area contributed by atoms with Gasteiger partial charge in [0.05, 0.1) is 13.0 Å². The number of Topliss-reactive ketones (excluding diaryl/α,β-unsaturated/α-hetero) is 1. The van der Waals surface area contributed by atoms with Crippen LogP contribution in [0.25, 0.3) is 0 Å². The smallest absolute Gasteiger partial charge is 0.309 e. The van der Waals surface area contributed by atoms with Crippen molar-refractivity contribution in [1.29, 1.82) is 0 Å². The molecule has 0 saturated carbocycles. The molecule has 0 radical (unpaired) electrons. The van der Waals surface area contributed by atoms with E-state index in [2.05, 4.69) is 4.98 Å². The molecule has 0 aliphatic heterocycles. The van der Waals surface area contributed by atoms with Crippen molar-refractivity contribution in [3.63, 3.8) is 0 Å². The number of aromatic nitrogens is 1. The Kier molecular flexibility index (Phi) is 9.50. The molecule has 0 aliphatic carbocycles. The van der Waals surface area contributed by atoms with Gasteiger partial charge in [0, 0.05) is 18.7 Å². The topological polar surface area (TPSA) is 95.0 Å². The molecule has 7 heteroatoms. The molecule has 0 amide bonds. The maximum Gasteiger partial charge on any atom is 0.309 e. The minimum atomic E-state index is -0.709. The fourth-order valence-corrected chi connectivity index (χ4v) is 3.40. The fraction of sp³-hybridized carbons (Fsp3) is 0.480. The summed E-state index contributed by atoms with van der Waals surface area (Å²) < 4.78 is 17.0. The van der Waals surface area contributed by atoms with Crippen LogP contribution >= 0.6 is 0 Å². The number of benzene rings is 1. The highest BCUT2D eigenvalue weighted by Gasteiger charge is 2.32. The number of esters is 1. The predicted octanol–water partition coefficient (Wildman–Crippen LogP) is 4.82. The van der Waals surface area contributed by atoms with Gasteiger partial charge in [-0.3, -0.25) is 9.59 Å². The van der Waals surface area contributed by atoms with Gasteiger partial charge in [0.1, 0.15) is 18.0 Å². The lowest BCUT2D eigenvalue weighted by molar-refractivity contribution is -0.160. The summed E-state index contributed by atoms with van der Waals surface area (Å²) in [5, 5.41) is 10.2. The van der Waals surface area contributed by atoms with Crippen molar-refractivity contribution in [2.24, 2.45) is 11.8 Å². The van der Waals surface area contributed by atoms with Crippen molar-refractivity contribution < 1.29 is 28.9 Å². The Morgan fingerprint density at radius 2 is 1.78 bits per heavy atom. The summed E-state index contributed by atoms with van der Waals surface area (Å²) in [6.45, 7) is 7.69. The number of pyridine rings is 1. The Morgan fingerprint density at radius 3 is 2.38 bits per heavy atom. The maximum atomic E-state index is 12.8. The van der Waals surface area contributed by atoms with Gasteiger partial charge in [0.15, 0.2) is 23.0 Å². The van der Waals surface area contributed by atoms with Gasteiger partial charge in [-0.25, -0.2) is 4.98 Å². The van der Waals surface area contributed by atoms with Crippen LogP contribution in [0.2, 0.25) is 0 Å². The first-order chi connectivity index (χ1) is 15.3. The molecular formula is C25H33NO6. The van der Waals surface area contributed by atoms with Gasteiger partial charge in [0.25, 0.3) is 0 Å². The van der Waals surface area contributed by atoms with Crippen LogP contribution in [-0.4, -0.2) is 41.2 Å². The van der Waals surface area contributed by atoms with Gasteiger partial charge < -0.3 is 19.3 Å². The van der Waals surface area contributed by atoms with Gasteiger partial charge in [-0.05, 0) is 24.5 Å². The molecule has 0 unspecified atom stereocenters. The minimum absolute atomic E-state index is 0.106. The van der Waals surface area contributed by atoms with Crippen molar-refractivity contribution in [3.8, 4) is 17.2 Å². The van der Waals surface area contributed by atoms with Crippen molar-refractivity contribution >= 4 is 11.8 Å². The molecule has 32 heavy (non-hydrogen) atoms. The molecule has 1 heterocycles. The molecule has 1 aromatic heterocycles. The summed E-state index contributed by atoms with van der Waals surface area (Å²) in [4.78, 5) is 29.4. The van der Waals surface area contributed by atoms with Crippen LogP contribution in [0.4, 0.5) is 0 Å². The number of rotatable bonds is 12. The minimum Gasteiger partial charge on any atom is -0.503 e. The van der Waals surface area contributed by atoms with Crippen LogP contribution in [0.15, 0.2) is 42.6 Å². The second-order valence-electron chi connectivity index (χ2n) is 8.14. The standard InChI is InChI=1S/C25H33NO6/c1-6-10-21(24(16(2)3)31-18-11-8-7-9-12-18)32-25(29)17(4)15-19(27)22-23(28)20(30-5)13-14-26-22/h7-9,11-14,16-17,21,24,28H,6,10,15H2,1-5H3/t17-,21+,24-/m1/s1. The molecule has 7 nitrogen and oxygen atoms in total. The molecule has 174 valence electrons. The van der Waals surface area contributed by atoms with E-state index in [1.807, 2.05) is 51.1 Å². The lowest BCUT2D eigenvalue weighted by Gasteiger charge is -2.31. The molecule has 3 atom stereocenters. The maximum absolute atomic E-state index is 12.8. The highest BCUT2D eigenvalue weighted by Crippen LogP contribution is 2.29. The normalized spacial score (nSPS) is 13.8. The quantitative estimate of drug-likeness (QED) is 0.371. The summed E-state index contributed by atoms with van der Waals surface area (Å²) in [5.74, 6) is -1.01. The summed E-state index contributed by atoms with van der Waals surface area (Å²) in [7, 11) is 1.39. The third-order valence-electron chi connectivity index (χ3n) is 5.14. The second-order valence-corrected chi connectivity index (χ2v) is 8.14. The number of nitrogens with zero attached hydrogens (tertiary/aromatic N) is 1. The average molecular weight is 444 g/mol. The Labute approximate surface area is 189 Å². The van der Waals surface area contributed by atoms with E-state index >= 15 is 0 Å². The molecule has 1 aromatic carbocycles. The van der Waals surface area contributed by atoms with Crippen molar-refractivity contribution in [3.05, 3.63) is 48.3 Å². The van der Waals surface area contributed by atoms with Crippen molar-refractivity contribution in [1.82, 2.24) is 4.98 Å². The molecule has 0 fully saturated rings. The first kappa shape index (κ1) is 25.2. The third-order valence-corrected chi connectivity index (χ3v) is 5.14. The number of para-hydroxylation sites is 1. The number of methoxy groups -OCH3 is 1. The SMILES string of the molecule is CCC[C@H](OC(=O)[C@H](C)CC(=O)c1nccc(OC)c1O)[C@H](Oc1ccccc1)C(C)C. The van der Waals surface area contributed by atoms with E-state index in [0.29, 0.717) is 12.2 Å². The lowest BCUT2D eigenvalue weighted by Crippen LogP contribution is -2.40. The number of carbonyl (C=O) groups excluding carboxylic acids is 2. The number of ketones is 1. The summed E-state index contributed by atoms with van der Waals surface area (Å²) in [6.07, 6.45) is 1.91. The molecule has 2 rings (SSSR count). The van der Waals surface area contributed by atoms with Crippen LogP contribution in [0.1, 0.15) is 57.4 Å². The van der Waals surface area contributed by atoms with Gasteiger partial charge in [-0.15, -0.1) is 0 Å². The monoisotopic (exact) mass is 443 g/mol. The molecule has 0 aliphatic rings. The highest BCUT2D eigenvalue weighted by molar-refractivity contribution is 5.99. The Balaban J connectivity index is 2.09. The van der Waals surface area contributed by atoms with Gasteiger partial charge in [-0.1, -0.05) is 52.3 Å². The first-order valence-electron chi connectivity index (χ1n) is 11.0. The van der Waals surface area contributed by atoms with E-state index in [1.54, 1.807) is 6.92 Å². The number of aromatic hydroxyl groups is 1. The van der Waals surface area contributed by atoms with E-state index < -0.39 is 23.8 Å². The van der Waals surface area contributed by atoms with Crippen LogP contribution in [0.3, 0.4) is 0 Å². The molecule has 0 saturated heterocycles. The number of hydrogen-bond donors (Lipinski definition) is 1. The van der Waals surface area contributed by atoms with Crippen LogP contribution in [0, 0.1) is 11.8 Å². The van der Waals surface area contributed by atoms with E-state index in [0.717, 1.165) is 6.42 Å². The Bertz CT molecular complexity index is 883.